The molecule has 2 atom stereocenters. The minimum atomic E-state index is 0.326. The van der Waals surface area contributed by atoms with Gasteiger partial charge in [0.1, 0.15) is 0 Å². The third-order valence-corrected chi connectivity index (χ3v) is 4.19. The lowest BCUT2D eigenvalue weighted by molar-refractivity contribution is 0.319. The number of likely N-dealkylation sites (tertiary alicyclic amines) is 1. The minimum absolute atomic E-state index is 0.326. The highest BCUT2D eigenvalue weighted by Crippen LogP contribution is 2.22. The van der Waals surface area contributed by atoms with Crippen LogP contribution in [0, 0.1) is 5.92 Å². The maximum absolute atomic E-state index is 6.10. The highest BCUT2D eigenvalue weighted by atomic mass is 15.2. The Bertz CT molecular complexity index is 555. The van der Waals surface area contributed by atoms with Crippen molar-refractivity contribution in [2.24, 2.45) is 11.7 Å². The van der Waals surface area contributed by atoms with E-state index in [-0.39, 0.29) is 0 Å². The third kappa shape index (κ3) is 2.92. The molecule has 0 bridgehead atoms. The summed E-state index contributed by atoms with van der Waals surface area (Å²) in [5.41, 5.74) is 10.0. The van der Waals surface area contributed by atoms with E-state index in [1.54, 1.807) is 0 Å². The van der Waals surface area contributed by atoms with Gasteiger partial charge in [0.2, 0.25) is 0 Å². The van der Waals surface area contributed by atoms with Crippen LogP contribution in [0.4, 0.5) is 0 Å². The number of hydrogen-bond acceptors (Lipinski definition) is 2. The molecule has 2 nitrogen and oxygen atoms in total. The van der Waals surface area contributed by atoms with Crippen molar-refractivity contribution in [1.29, 1.82) is 0 Å². The average molecular weight is 266 g/mol. The molecule has 0 amide bonds. The zero-order chi connectivity index (χ0) is 13.9. The molecule has 0 saturated carbocycles. The summed E-state index contributed by atoms with van der Waals surface area (Å²) in [4.78, 5) is 2.46. The Morgan fingerprint density at radius 1 is 1.00 bits per heavy atom. The van der Waals surface area contributed by atoms with E-state index in [4.69, 9.17) is 5.73 Å². The van der Waals surface area contributed by atoms with Crippen LogP contribution in [0.15, 0.2) is 54.6 Å². The summed E-state index contributed by atoms with van der Waals surface area (Å²) in [5, 5.41) is 0. The molecule has 20 heavy (non-hydrogen) atoms. The van der Waals surface area contributed by atoms with Gasteiger partial charge in [-0.1, -0.05) is 55.5 Å². The van der Waals surface area contributed by atoms with Crippen molar-refractivity contribution < 1.29 is 0 Å². The van der Waals surface area contributed by atoms with Crippen LogP contribution in [-0.2, 0) is 6.54 Å². The average Bonchev–Trinajstić information content (AvgIpc) is 2.78. The van der Waals surface area contributed by atoms with Crippen LogP contribution in [0.2, 0.25) is 0 Å². The molecular formula is C18H22N2. The largest absolute Gasteiger partial charge is 0.326 e. The fraction of sp³-hybridized carbons (Fsp3) is 0.333. The Balaban J connectivity index is 1.75. The Kier molecular flexibility index (Phi) is 3.86. The molecule has 2 heteroatoms. The molecule has 0 aromatic heterocycles. The van der Waals surface area contributed by atoms with Crippen molar-refractivity contribution in [3.8, 4) is 11.1 Å². The SMILES string of the molecule is CC1CN(Cc2cccc(-c3ccccc3)c2)CC1N. The molecule has 1 heterocycles. The van der Waals surface area contributed by atoms with E-state index in [0.717, 1.165) is 19.6 Å². The summed E-state index contributed by atoms with van der Waals surface area (Å²) in [6.07, 6.45) is 0. The molecule has 2 N–H and O–H groups in total. The molecule has 3 rings (SSSR count). The maximum atomic E-state index is 6.10. The smallest absolute Gasteiger partial charge is 0.0234 e. The van der Waals surface area contributed by atoms with Gasteiger partial charge in [-0.2, -0.15) is 0 Å². The quantitative estimate of drug-likeness (QED) is 0.925. The normalized spacial score (nSPS) is 23.1. The van der Waals surface area contributed by atoms with Gasteiger partial charge >= 0.3 is 0 Å². The van der Waals surface area contributed by atoms with Crippen LogP contribution in [-0.4, -0.2) is 24.0 Å². The molecule has 1 aliphatic heterocycles. The molecular weight excluding hydrogens is 244 g/mol. The summed E-state index contributed by atoms with van der Waals surface area (Å²) in [5.74, 6) is 0.604. The molecule has 1 aliphatic rings. The predicted octanol–water partition coefficient (Wildman–Crippen LogP) is 3.13. The van der Waals surface area contributed by atoms with Crippen LogP contribution in [0.5, 0.6) is 0 Å². The summed E-state index contributed by atoms with van der Waals surface area (Å²) >= 11 is 0. The van der Waals surface area contributed by atoms with Crippen molar-refractivity contribution in [1.82, 2.24) is 4.90 Å². The molecule has 104 valence electrons. The van der Waals surface area contributed by atoms with Crippen LogP contribution in [0.1, 0.15) is 12.5 Å². The lowest BCUT2D eigenvalue weighted by Gasteiger charge is -2.16. The molecule has 0 radical (unpaired) electrons. The van der Waals surface area contributed by atoms with Gasteiger partial charge in [-0.05, 0) is 28.7 Å². The van der Waals surface area contributed by atoms with Gasteiger partial charge in [-0.15, -0.1) is 0 Å². The highest BCUT2D eigenvalue weighted by Gasteiger charge is 2.26. The number of nitrogens with zero attached hydrogens (tertiary/aromatic N) is 1. The standard InChI is InChI=1S/C18H22N2/c1-14-11-20(13-18(14)19)12-15-6-5-9-17(10-15)16-7-3-2-4-8-16/h2-10,14,18H,11-13,19H2,1H3. The first-order chi connectivity index (χ1) is 9.72. The minimum Gasteiger partial charge on any atom is -0.326 e. The lowest BCUT2D eigenvalue weighted by atomic mass is 10.0. The Morgan fingerprint density at radius 3 is 2.45 bits per heavy atom. The maximum Gasteiger partial charge on any atom is 0.0234 e. The summed E-state index contributed by atoms with van der Waals surface area (Å²) in [6.45, 7) is 5.36. The van der Waals surface area contributed by atoms with Crippen molar-refractivity contribution in [2.45, 2.75) is 19.5 Å². The third-order valence-electron chi connectivity index (χ3n) is 4.19. The molecule has 0 spiro atoms. The number of rotatable bonds is 3. The van der Waals surface area contributed by atoms with E-state index >= 15 is 0 Å². The van der Waals surface area contributed by atoms with Crippen LogP contribution in [0.25, 0.3) is 11.1 Å². The second kappa shape index (κ2) is 5.78. The van der Waals surface area contributed by atoms with Crippen molar-refractivity contribution in [3.63, 3.8) is 0 Å². The van der Waals surface area contributed by atoms with Gasteiger partial charge in [0, 0.05) is 25.7 Å². The summed E-state index contributed by atoms with van der Waals surface area (Å²) < 4.78 is 0. The fourth-order valence-electron chi connectivity index (χ4n) is 2.96. The van der Waals surface area contributed by atoms with E-state index < -0.39 is 0 Å². The van der Waals surface area contributed by atoms with Crippen LogP contribution in [0.3, 0.4) is 0 Å². The summed E-state index contributed by atoms with van der Waals surface area (Å²) in [7, 11) is 0. The first kappa shape index (κ1) is 13.3. The van der Waals surface area contributed by atoms with Crippen molar-refractivity contribution >= 4 is 0 Å². The van der Waals surface area contributed by atoms with Gasteiger partial charge in [0.25, 0.3) is 0 Å². The zero-order valence-corrected chi connectivity index (χ0v) is 12.0. The van der Waals surface area contributed by atoms with Gasteiger partial charge < -0.3 is 5.73 Å². The highest BCUT2D eigenvalue weighted by molar-refractivity contribution is 5.63. The van der Waals surface area contributed by atoms with E-state index in [1.165, 1.54) is 16.7 Å². The number of nitrogens with two attached hydrogens (primary N) is 1. The molecule has 1 fully saturated rings. The monoisotopic (exact) mass is 266 g/mol. The summed E-state index contributed by atoms with van der Waals surface area (Å²) in [6, 6.07) is 19.7. The van der Waals surface area contributed by atoms with Crippen LogP contribution >= 0.6 is 0 Å². The van der Waals surface area contributed by atoms with Gasteiger partial charge in [-0.3, -0.25) is 4.90 Å². The van der Waals surface area contributed by atoms with Gasteiger partial charge in [0.15, 0.2) is 0 Å². The van der Waals surface area contributed by atoms with E-state index in [2.05, 4.69) is 66.4 Å². The van der Waals surface area contributed by atoms with Crippen molar-refractivity contribution in [3.05, 3.63) is 60.2 Å². The first-order valence-electron chi connectivity index (χ1n) is 7.34. The molecule has 2 unspecified atom stereocenters. The van der Waals surface area contributed by atoms with Crippen LogP contribution < -0.4 is 5.73 Å². The van der Waals surface area contributed by atoms with Crippen molar-refractivity contribution in [2.75, 3.05) is 13.1 Å². The number of hydrogen-bond donors (Lipinski definition) is 1. The number of benzene rings is 2. The van der Waals surface area contributed by atoms with E-state index in [1.807, 2.05) is 0 Å². The lowest BCUT2D eigenvalue weighted by Crippen LogP contribution is -2.28. The Labute approximate surface area is 121 Å². The Morgan fingerprint density at radius 2 is 1.75 bits per heavy atom. The molecule has 1 saturated heterocycles. The van der Waals surface area contributed by atoms with E-state index in [9.17, 15) is 0 Å². The molecule has 2 aromatic carbocycles. The van der Waals surface area contributed by atoms with Gasteiger partial charge in [-0.25, -0.2) is 0 Å². The zero-order valence-electron chi connectivity index (χ0n) is 12.0. The second-order valence-electron chi connectivity index (χ2n) is 5.90. The molecule has 0 aliphatic carbocycles. The van der Waals surface area contributed by atoms with E-state index in [0.29, 0.717) is 12.0 Å². The van der Waals surface area contributed by atoms with Gasteiger partial charge in [0.05, 0.1) is 0 Å². The second-order valence-corrected chi connectivity index (χ2v) is 5.90. The molecule has 2 aromatic rings. The first-order valence-corrected chi connectivity index (χ1v) is 7.34. The predicted molar refractivity (Wildman–Crippen MR) is 84.3 cm³/mol. The topological polar surface area (TPSA) is 29.3 Å². The fourth-order valence-corrected chi connectivity index (χ4v) is 2.96. The Hall–Kier alpha value is -1.64.